The highest BCUT2D eigenvalue weighted by atomic mass is 19.1. The normalized spacial score (nSPS) is 22.1. The maximum Gasteiger partial charge on any atom is 0.226 e. The fraction of sp³-hybridized carbons (Fsp3) is 0.462. The van der Waals surface area contributed by atoms with E-state index in [4.69, 9.17) is 9.47 Å². The Morgan fingerprint density at radius 2 is 2.37 bits per heavy atom. The molecule has 3 rings (SSSR count). The predicted molar refractivity (Wildman–Crippen MR) is 68.2 cm³/mol. The van der Waals surface area contributed by atoms with Crippen LogP contribution < -0.4 is 15.0 Å². The lowest BCUT2D eigenvalue weighted by atomic mass is 10.1. The summed E-state index contributed by atoms with van der Waals surface area (Å²) in [7, 11) is 1.43. The number of carbonyl (C=O) groups is 1. The van der Waals surface area contributed by atoms with E-state index in [9.17, 15) is 9.18 Å². The van der Waals surface area contributed by atoms with Crippen LogP contribution in [0.3, 0.4) is 0 Å². The van der Waals surface area contributed by atoms with Gasteiger partial charge in [0.1, 0.15) is 0 Å². The average Bonchev–Trinajstić information content (AvgIpc) is 2.52. The first kappa shape index (κ1) is 12.2. The topological polar surface area (TPSA) is 50.8 Å². The van der Waals surface area contributed by atoms with Gasteiger partial charge in [0, 0.05) is 25.1 Å². The molecule has 0 spiro atoms. The second-order valence-corrected chi connectivity index (χ2v) is 4.68. The molecule has 2 aliphatic rings. The van der Waals surface area contributed by atoms with Crippen LogP contribution in [0, 0.1) is 5.82 Å². The molecule has 0 radical (unpaired) electrons. The lowest BCUT2D eigenvalue weighted by Crippen LogP contribution is -2.45. The van der Waals surface area contributed by atoms with Gasteiger partial charge in [-0.3, -0.25) is 4.79 Å². The second kappa shape index (κ2) is 4.70. The van der Waals surface area contributed by atoms with Crippen molar-refractivity contribution in [3.63, 3.8) is 0 Å². The fourth-order valence-corrected chi connectivity index (χ4v) is 2.59. The number of hydrogen-bond donors (Lipinski definition) is 1. The van der Waals surface area contributed by atoms with E-state index in [1.807, 2.05) is 0 Å². The van der Waals surface area contributed by atoms with Gasteiger partial charge >= 0.3 is 0 Å². The van der Waals surface area contributed by atoms with E-state index in [1.54, 1.807) is 6.07 Å². The fourth-order valence-electron chi connectivity index (χ4n) is 2.59. The van der Waals surface area contributed by atoms with Crippen molar-refractivity contribution in [3.8, 4) is 5.75 Å². The number of hydrogen-bond acceptors (Lipinski definition) is 4. The van der Waals surface area contributed by atoms with Crippen molar-refractivity contribution in [2.75, 3.05) is 37.1 Å². The monoisotopic (exact) mass is 266 g/mol. The summed E-state index contributed by atoms with van der Waals surface area (Å²) in [5.41, 5.74) is 1.28. The first-order chi connectivity index (χ1) is 9.19. The van der Waals surface area contributed by atoms with Crippen molar-refractivity contribution in [1.29, 1.82) is 0 Å². The van der Waals surface area contributed by atoms with Crippen molar-refractivity contribution in [2.24, 2.45) is 0 Å². The van der Waals surface area contributed by atoms with Crippen molar-refractivity contribution < 1.29 is 18.7 Å². The maximum absolute atomic E-state index is 13.7. The lowest BCUT2D eigenvalue weighted by molar-refractivity contribution is -0.116. The Morgan fingerprint density at radius 3 is 3.16 bits per heavy atom. The molecule has 2 aliphatic heterocycles. The van der Waals surface area contributed by atoms with E-state index in [0.29, 0.717) is 31.9 Å². The molecule has 0 aliphatic carbocycles. The minimum absolute atomic E-state index is 0.00910. The van der Waals surface area contributed by atoms with Crippen LogP contribution in [0.2, 0.25) is 0 Å². The Morgan fingerprint density at radius 1 is 1.53 bits per heavy atom. The molecule has 1 unspecified atom stereocenters. The van der Waals surface area contributed by atoms with Gasteiger partial charge in [-0.25, -0.2) is 4.39 Å². The van der Waals surface area contributed by atoms with Gasteiger partial charge in [0.25, 0.3) is 0 Å². The number of morpholine rings is 1. The lowest BCUT2D eigenvalue weighted by Gasteiger charge is -2.36. The summed E-state index contributed by atoms with van der Waals surface area (Å²) in [5, 5.41) is 2.74. The molecule has 1 amide bonds. The molecule has 19 heavy (non-hydrogen) atoms. The number of methoxy groups -OCH3 is 1. The van der Waals surface area contributed by atoms with Gasteiger partial charge in [-0.05, 0) is 0 Å². The first-order valence-electron chi connectivity index (χ1n) is 6.21. The van der Waals surface area contributed by atoms with Crippen LogP contribution in [0.25, 0.3) is 0 Å². The largest absolute Gasteiger partial charge is 0.494 e. The zero-order chi connectivity index (χ0) is 13.4. The summed E-state index contributed by atoms with van der Waals surface area (Å²) in [6.45, 7) is 1.79. The van der Waals surface area contributed by atoms with E-state index < -0.39 is 5.82 Å². The SMILES string of the molecule is COc1cc2c(cc1F)NC(=O)CC1COCCN21. The molecule has 1 saturated heterocycles. The van der Waals surface area contributed by atoms with Gasteiger partial charge in [-0.1, -0.05) is 0 Å². The van der Waals surface area contributed by atoms with Crippen molar-refractivity contribution in [1.82, 2.24) is 0 Å². The Bertz CT molecular complexity index is 521. The Labute approximate surface area is 110 Å². The molecular weight excluding hydrogens is 251 g/mol. The van der Waals surface area contributed by atoms with Gasteiger partial charge in [-0.2, -0.15) is 0 Å². The number of halogens is 1. The number of anilines is 2. The quantitative estimate of drug-likeness (QED) is 0.834. The predicted octanol–water partition coefficient (Wildman–Crippen LogP) is 1.38. The highest BCUT2D eigenvalue weighted by molar-refractivity contribution is 5.97. The first-order valence-corrected chi connectivity index (χ1v) is 6.21. The molecule has 1 aromatic rings. The molecule has 0 aromatic heterocycles. The summed E-state index contributed by atoms with van der Waals surface area (Å²) < 4.78 is 24.2. The average molecular weight is 266 g/mol. The van der Waals surface area contributed by atoms with E-state index in [1.165, 1.54) is 13.2 Å². The zero-order valence-corrected chi connectivity index (χ0v) is 10.6. The number of nitrogens with one attached hydrogen (secondary N) is 1. The maximum atomic E-state index is 13.7. The smallest absolute Gasteiger partial charge is 0.226 e. The van der Waals surface area contributed by atoms with Crippen molar-refractivity contribution >= 4 is 17.3 Å². The summed E-state index contributed by atoms with van der Waals surface area (Å²) in [4.78, 5) is 13.9. The summed E-state index contributed by atoms with van der Waals surface area (Å²) in [5.74, 6) is -0.419. The molecule has 6 heteroatoms. The molecule has 5 nitrogen and oxygen atoms in total. The highest BCUT2D eigenvalue weighted by Gasteiger charge is 2.31. The van der Waals surface area contributed by atoms with E-state index in [-0.39, 0.29) is 17.7 Å². The molecule has 1 aromatic carbocycles. The zero-order valence-electron chi connectivity index (χ0n) is 10.6. The molecule has 1 atom stereocenters. The van der Waals surface area contributed by atoms with E-state index in [2.05, 4.69) is 10.2 Å². The Hall–Kier alpha value is -1.82. The number of nitrogens with zero attached hydrogens (tertiary/aromatic N) is 1. The molecule has 0 bridgehead atoms. The molecule has 2 heterocycles. The number of amides is 1. The van der Waals surface area contributed by atoms with Gasteiger partial charge in [0.2, 0.25) is 5.91 Å². The van der Waals surface area contributed by atoms with Crippen LogP contribution in [-0.2, 0) is 9.53 Å². The number of rotatable bonds is 1. The Kier molecular flexibility index (Phi) is 3.02. The molecule has 1 N–H and O–H groups in total. The second-order valence-electron chi connectivity index (χ2n) is 4.68. The minimum atomic E-state index is -0.478. The molecule has 102 valence electrons. The van der Waals surface area contributed by atoms with E-state index >= 15 is 0 Å². The van der Waals surface area contributed by atoms with Crippen LogP contribution in [0.15, 0.2) is 12.1 Å². The summed E-state index contributed by atoms with van der Waals surface area (Å²) in [6, 6.07) is 2.93. The van der Waals surface area contributed by atoms with E-state index in [0.717, 1.165) is 5.69 Å². The van der Waals surface area contributed by atoms with Crippen LogP contribution >= 0.6 is 0 Å². The van der Waals surface area contributed by atoms with Gasteiger partial charge in [0.15, 0.2) is 11.6 Å². The minimum Gasteiger partial charge on any atom is -0.494 e. The van der Waals surface area contributed by atoms with Crippen molar-refractivity contribution in [3.05, 3.63) is 17.9 Å². The number of fused-ring (bicyclic) bond motifs is 3. The number of carbonyl (C=O) groups excluding carboxylic acids is 1. The molecule has 0 saturated carbocycles. The van der Waals surface area contributed by atoms with Crippen molar-refractivity contribution in [2.45, 2.75) is 12.5 Å². The third kappa shape index (κ3) is 2.12. The third-order valence-electron chi connectivity index (χ3n) is 3.50. The van der Waals surface area contributed by atoms with Crippen LogP contribution in [0.4, 0.5) is 15.8 Å². The Balaban J connectivity index is 2.09. The number of benzene rings is 1. The van der Waals surface area contributed by atoms with Crippen LogP contribution in [-0.4, -0.2) is 38.8 Å². The molecular formula is C13H15FN2O3. The standard InChI is InChI=1S/C13H15FN2O3/c1-18-12-6-11-10(5-9(12)14)15-13(17)4-8-7-19-3-2-16(8)11/h5-6,8H,2-4,7H2,1H3,(H,15,17). The molecule has 1 fully saturated rings. The summed E-state index contributed by atoms with van der Waals surface area (Å²) in [6.07, 6.45) is 0.346. The van der Waals surface area contributed by atoms with Gasteiger partial charge in [-0.15, -0.1) is 0 Å². The van der Waals surface area contributed by atoms with Gasteiger partial charge in [0.05, 0.1) is 37.7 Å². The summed E-state index contributed by atoms with van der Waals surface area (Å²) >= 11 is 0. The van der Waals surface area contributed by atoms with Crippen LogP contribution in [0.1, 0.15) is 6.42 Å². The van der Waals surface area contributed by atoms with Crippen LogP contribution in [0.5, 0.6) is 5.75 Å². The highest BCUT2D eigenvalue weighted by Crippen LogP contribution is 2.37. The van der Waals surface area contributed by atoms with Gasteiger partial charge < -0.3 is 19.7 Å². The number of ether oxygens (including phenoxy) is 2. The third-order valence-corrected chi connectivity index (χ3v) is 3.50.